The summed E-state index contributed by atoms with van der Waals surface area (Å²) >= 11 is 0. The van der Waals surface area contributed by atoms with Crippen LogP contribution in [0.2, 0.25) is 0 Å². The van der Waals surface area contributed by atoms with Gasteiger partial charge in [-0.05, 0) is 23.8 Å². The smallest absolute Gasteiger partial charge is 0.137 e. The van der Waals surface area contributed by atoms with Crippen molar-refractivity contribution >= 4 is 10.8 Å². The first-order valence-corrected chi connectivity index (χ1v) is 8.52. The Bertz CT molecular complexity index is 776. The molecule has 0 saturated heterocycles. The van der Waals surface area contributed by atoms with Gasteiger partial charge in [0, 0.05) is 16.7 Å². The molecule has 3 rings (SSSR count). The number of hydrogen-bond acceptors (Lipinski definition) is 3. The number of aromatic nitrogens is 1. The zero-order valence-electron chi connectivity index (χ0n) is 12.6. The Hall–Kier alpha value is -2.30. The Labute approximate surface area is 138 Å². The van der Waals surface area contributed by atoms with Gasteiger partial charge in [-0.15, -0.1) is 0 Å². The summed E-state index contributed by atoms with van der Waals surface area (Å²) in [6.07, 6.45) is 1.66. The molecule has 1 aromatic heterocycles. The minimum Gasteiger partial charge on any atom is -0.372 e. The maximum absolute atomic E-state index is 12.7. The molecule has 3 aromatic rings. The number of nitrogens with zero attached hydrogens (tertiary/aromatic N) is 1. The summed E-state index contributed by atoms with van der Waals surface area (Å²) in [5.74, 6) is 0. The number of rotatable bonds is 6. The van der Waals surface area contributed by atoms with E-state index in [1.54, 1.807) is 6.20 Å². The third-order valence-corrected chi connectivity index (χ3v) is 4.77. The first-order chi connectivity index (χ1) is 11.3. The van der Waals surface area contributed by atoms with Gasteiger partial charge in [0.2, 0.25) is 0 Å². The summed E-state index contributed by atoms with van der Waals surface area (Å²) in [4.78, 5) is 5.05. The summed E-state index contributed by atoms with van der Waals surface area (Å²) in [5, 5.41) is 0.562. The maximum Gasteiger partial charge on any atom is 0.137 e. The molecule has 3 nitrogen and oxygen atoms in total. The van der Waals surface area contributed by atoms with Gasteiger partial charge in [-0.3, -0.25) is 0 Å². The fraction of sp³-hybridized carbons (Fsp3) is 0.105. The van der Waals surface area contributed by atoms with Crippen LogP contribution in [0.25, 0.3) is 0 Å². The van der Waals surface area contributed by atoms with E-state index in [4.69, 9.17) is 4.74 Å². The first kappa shape index (κ1) is 15.6. The van der Waals surface area contributed by atoms with E-state index < -0.39 is 10.8 Å². The van der Waals surface area contributed by atoms with Crippen molar-refractivity contribution in [2.24, 2.45) is 0 Å². The highest BCUT2D eigenvalue weighted by atomic mass is 32.2. The van der Waals surface area contributed by atoms with Crippen LogP contribution in [0.4, 0.5) is 0 Å². The lowest BCUT2D eigenvalue weighted by Crippen LogP contribution is -2.03. The van der Waals surface area contributed by atoms with Crippen LogP contribution in [0.1, 0.15) is 11.1 Å². The third-order valence-electron chi connectivity index (χ3n) is 3.35. The van der Waals surface area contributed by atoms with Crippen LogP contribution in [0.5, 0.6) is 0 Å². The topological polar surface area (TPSA) is 39.2 Å². The lowest BCUT2D eigenvalue weighted by molar-refractivity contribution is 0.105. The van der Waals surface area contributed by atoms with Crippen LogP contribution < -0.4 is 0 Å². The molecule has 0 spiro atoms. The van der Waals surface area contributed by atoms with Crippen molar-refractivity contribution in [3.05, 3.63) is 90.1 Å². The van der Waals surface area contributed by atoms with Crippen molar-refractivity contribution in [3.8, 4) is 0 Å². The number of benzene rings is 2. The van der Waals surface area contributed by atoms with Gasteiger partial charge in [-0.25, -0.2) is 9.19 Å². The Morgan fingerprint density at radius 3 is 2.26 bits per heavy atom. The molecule has 1 heterocycles. The van der Waals surface area contributed by atoms with E-state index in [-0.39, 0.29) is 0 Å². The predicted molar refractivity (Wildman–Crippen MR) is 90.3 cm³/mol. The van der Waals surface area contributed by atoms with E-state index in [2.05, 4.69) is 4.98 Å². The summed E-state index contributed by atoms with van der Waals surface area (Å²) in [6, 6.07) is 23.1. The van der Waals surface area contributed by atoms with Crippen molar-refractivity contribution in [1.82, 2.24) is 4.98 Å². The fourth-order valence-corrected chi connectivity index (χ4v) is 3.36. The molecule has 0 aliphatic heterocycles. The van der Waals surface area contributed by atoms with E-state index >= 15 is 0 Å². The highest BCUT2D eigenvalue weighted by molar-refractivity contribution is 7.85. The molecule has 0 saturated carbocycles. The van der Waals surface area contributed by atoms with E-state index in [1.807, 2.05) is 72.8 Å². The zero-order chi connectivity index (χ0) is 15.9. The predicted octanol–water partition coefficient (Wildman–Crippen LogP) is 3.97. The Balaban J connectivity index is 1.72. The summed E-state index contributed by atoms with van der Waals surface area (Å²) in [7, 11) is -1.30. The van der Waals surface area contributed by atoms with Gasteiger partial charge in [0.15, 0.2) is 0 Å². The van der Waals surface area contributed by atoms with Crippen LogP contribution in [-0.2, 0) is 28.8 Å². The quantitative estimate of drug-likeness (QED) is 0.689. The molecule has 0 aliphatic carbocycles. The molecular formula is C19H17NO2S. The lowest BCUT2D eigenvalue weighted by atomic mass is 10.2. The summed E-state index contributed by atoms with van der Waals surface area (Å²) in [5.41, 5.74) is 1.97. The van der Waals surface area contributed by atoms with Gasteiger partial charge in [0.1, 0.15) is 15.8 Å². The molecule has 0 aliphatic rings. The van der Waals surface area contributed by atoms with Crippen LogP contribution in [0.3, 0.4) is 0 Å². The van der Waals surface area contributed by atoms with Crippen LogP contribution >= 0.6 is 0 Å². The van der Waals surface area contributed by atoms with Crippen molar-refractivity contribution in [1.29, 1.82) is 0 Å². The second kappa shape index (κ2) is 7.81. The van der Waals surface area contributed by atoms with E-state index in [0.29, 0.717) is 18.2 Å². The molecule has 0 amide bonds. The van der Waals surface area contributed by atoms with Gasteiger partial charge in [0.25, 0.3) is 0 Å². The molecule has 0 bridgehead atoms. The van der Waals surface area contributed by atoms with Crippen molar-refractivity contribution in [3.63, 3.8) is 0 Å². The Morgan fingerprint density at radius 2 is 1.52 bits per heavy atom. The lowest BCUT2D eigenvalue weighted by Gasteiger charge is -2.09. The monoisotopic (exact) mass is 323 g/mol. The van der Waals surface area contributed by atoms with Crippen molar-refractivity contribution in [2.75, 3.05) is 0 Å². The largest absolute Gasteiger partial charge is 0.372 e. The summed E-state index contributed by atoms with van der Waals surface area (Å²) in [6.45, 7) is 0.907. The van der Waals surface area contributed by atoms with Gasteiger partial charge in [0.05, 0.1) is 13.2 Å². The average Bonchev–Trinajstić information content (AvgIpc) is 2.63. The van der Waals surface area contributed by atoms with E-state index in [9.17, 15) is 4.21 Å². The number of ether oxygens (including phenoxy) is 1. The number of hydrogen-bond donors (Lipinski definition) is 0. The molecule has 116 valence electrons. The normalized spacial score (nSPS) is 12.0. The van der Waals surface area contributed by atoms with E-state index in [1.165, 1.54) is 0 Å². The molecule has 1 unspecified atom stereocenters. The zero-order valence-corrected chi connectivity index (χ0v) is 13.4. The molecule has 4 heteroatoms. The Kier molecular flexibility index (Phi) is 5.29. The highest BCUT2D eigenvalue weighted by Gasteiger charge is 2.13. The second-order valence-corrected chi connectivity index (χ2v) is 6.42. The van der Waals surface area contributed by atoms with Gasteiger partial charge in [-0.2, -0.15) is 0 Å². The molecule has 1 atom stereocenters. The summed E-state index contributed by atoms with van der Waals surface area (Å²) < 4.78 is 18.5. The SMILES string of the molecule is O=S(c1ccccc1)c1ncccc1COCc1ccccc1. The molecule has 0 fully saturated rings. The maximum atomic E-state index is 12.7. The molecule has 0 radical (unpaired) electrons. The van der Waals surface area contributed by atoms with Crippen molar-refractivity contribution < 1.29 is 8.95 Å². The van der Waals surface area contributed by atoms with Crippen LogP contribution in [0, 0.1) is 0 Å². The van der Waals surface area contributed by atoms with Gasteiger partial charge >= 0.3 is 0 Å². The standard InChI is InChI=1S/C19H17NO2S/c21-23(18-11-5-2-6-12-18)19-17(10-7-13-20-19)15-22-14-16-8-3-1-4-9-16/h1-13H,14-15H2. The molecule has 2 aromatic carbocycles. The molecular weight excluding hydrogens is 306 g/mol. The Morgan fingerprint density at radius 1 is 0.826 bits per heavy atom. The highest BCUT2D eigenvalue weighted by Crippen LogP contribution is 2.19. The molecule has 23 heavy (non-hydrogen) atoms. The average molecular weight is 323 g/mol. The minimum atomic E-state index is -1.30. The van der Waals surface area contributed by atoms with Crippen molar-refractivity contribution in [2.45, 2.75) is 23.1 Å². The first-order valence-electron chi connectivity index (χ1n) is 7.37. The van der Waals surface area contributed by atoms with Gasteiger partial charge < -0.3 is 4.74 Å². The molecule has 0 N–H and O–H groups in total. The van der Waals surface area contributed by atoms with Crippen LogP contribution in [-0.4, -0.2) is 9.19 Å². The van der Waals surface area contributed by atoms with Gasteiger partial charge in [-0.1, -0.05) is 54.6 Å². The minimum absolute atomic E-state index is 0.386. The second-order valence-electron chi connectivity index (χ2n) is 5.03. The number of pyridine rings is 1. The fourth-order valence-electron chi connectivity index (χ4n) is 2.21. The van der Waals surface area contributed by atoms with E-state index in [0.717, 1.165) is 16.0 Å². The van der Waals surface area contributed by atoms with Crippen LogP contribution in [0.15, 0.2) is 88.9 Å². The third kappa shape index (κ3) is 4.12.